The Bertz CT molecular complexity index is 862. The normalized spacial score (nSPS) is 16.4. The maximum Gasteiger partial charge on any atom is 0.274 e. The molecule has 2 amide bonds. The van der Waals surface area contributed by atoms with Gasteiger partial charge >= 0.3 is 0 Å². The van der Waals surface area contributed by atoms with Crippen molar-refractivity contribution in [2.75, 3.05) is 31.1 Å². The van der Waals surface area contributed by atoms with Crippen molar-refractivity contribution in [2.24, 2.45) is 0 Å². The number of nitrogens with zero attached hydrogens (tertiary/aromatic N) is 4. The van der Waals surface area contributed by atoms with Gasteiger partial charge in [-0.25, -0.2) is 4.68 Å². The number of carbonyl (C=O) groups is 2. The van der Waals surface area contributed by atoms with Crippen molar-refractivity contribution in [3.8, 4) is 0 Å². The van der Waals surface area contributed by atoms with Crippen molar-refractivity contribution in [2.45, 2.75) is 32.2 Å². The summed E-state index contributed by atoms with van der Waals surface area (Å²) in [6.07, 6.45) is 2.79. The summed E-state index contributed by atoms with van der Waals surface area (Å²) in [4.78, 5) is 26.8. The molecule has 2 aromatic rings. The van der Waals surface area contributed by atoms with E-state index in [1.807, 2.05) is 35.9 Å². The maximum atomic E-state index is 12.5. The number of fused-ring (bicyclic) bond motifs is 1. The summed E-state index contributed by atoms with van der Waals surface area (Å²) in [7, 11) is 0. The predicted molar refractivity (Wildman–Crippen MR) is 108 cm³/mol. The molecule has 2 aliphatic rings. The molecular weight excluding hydrogens is 380 g/mol. The average Bonchev–Trinajstić information content (AvgIpc) is 3.30. The number of anilines is 1. The number of amides is 2. The number of carbonyl (C=O) groups excluding carboxylic acids is 2. The van der Waals surface area contributed by atoms with Crippen LogP contribution in [0.15, 0.2) is 24.3 Å². The van der Waals surface area contributed by atoms with Crippen LogP contribution in [0, 0.1) is 6.92 Å². The fraction of sp³-hybridized carbons (Fsp3) is 0.474. The van der Waals surface area contributed by atoms with Gasteiger partial charge in [0.05, 0.1) is 18.3 Å². The number of benzene rings is 1. The highest BCUT2D eigenvalue weighted by molar-refractivity contribution is 6.01. The largest absolute Gasteiger partial charge is 0.341 e. The Morgan fingerprint density at radius 1 is 1.25 bits per heavy atom. The van der Waals surface area contributed by atoms with E-state index in [0.717, 1.165) is 49.3 Å². The smallest absolute Gasteiger partial charge is 0.274 e. The van der Waals surface area contributed by atoms with Gasteiger partial charge in [0.2, 0.25) is 5.91 Å². The van der Waals surface area contributed by atoms with E-state index in [-0.39, 0.29) is 36.8 Å². The lowest BCUT2D eigenvalue weighted by Crippen LogP contribution is -2.39. The van der Waals surface area contributed by atoms with Crippen LogP contribution in [0.25, 0.3) is 0 Å². The van der Waals surface area contributed by atoms with Crippen LogP contribution in [0.4, 0.5) is 5.69 Å². The van der Waals surface area contributed by atoms with Crippen LogP contribution >= 0.6 is 12.4 Å². The van der Waals surface area contributed by atoms with Crippen molar-refractivity contribution < 1.29 is 9.59 Å². The van der Waals surface area contributed by atoms with Gasteiger partial charge in [-0.1, -0.05) is 23.4 Å². The lowest BCUT2D eigenvalue weighted by atomic mass is 10.1. The summed E-state index contributed by atoms with van der Waals surface area (Å²) in [5, 5.41) is 14.3. The monoisotopic (exact) mass is 404 g/mol. The van der Waals surface area contributed by atoms with Crippen LogP contribution in [0.5, 0.6) is 0 Å². The highest BCUT2D eigenvalue weighted by atomic mass is 35.5. The third kappa shape index (κ3) is 3.88. The number of piperidine rings is 1. The topological polar surface area (TPSA) is 92.2 Å². The van der Waals surface area contributed by atoms with Crippen molar-refractivity contribution in [3.63, 3.8) is 0 Å². The molecule has 150 valence electrons. The summed E-state index contributed by atoms with van der Waals surface area (Å²) in [6, 6.07) is 8.14. The molecule has 2 aliphatic heterocycles. The minimum absolute atomic E-state index is 0. The van der Waals surface area contributed by atoms with E-state index in [1.165, 1.54) is 0 Å². The average molecular weight is 405 g/mol. The van der Waals surface area contributed by atoms with Gasteiger partial charge in [0.1, 0.15) is 0 Å². The number of aromatic nitrogens is 3. The lowest BCUT2D eigenvalue weighted by Gasteiger charge is -2.23. The number of hydrogen-bond acceptors (Lipinski definition) is 5. The molecule has 1 fully saturated rings. The predicted octanol–water partition coefficient (Wildman–Crippen LogP) is 1.25. The Morgan fingerprint density at radius 3 is 2.79 bits per heavy atom. The highest BCUT2D eigenvalue weighted by Crippen LogP contribution is 2.27. The number of nitrogens with one attached hydrogen (secondary N) is 2. The van der Waals surface area contributed by atoms with Gasteiger partial charge < -0.3 is 15.5 Å². The van der Waals surface area contributed by atoms with E-state index in [4.69, 9.17) is 0 Å². The molecule has 0 radical (unpaired) electrons. The summed E-state index contributed by atoms with van der Waals surface area (Å²) in [5.41, 5.74) is 3.14. The van der Waals surface area contributed by atoms with Crippen LogP contribution < -0.4 is 15.5 Å². The van der Waals surface area contributed by atoms with Gasteiger partial charge in [0.25, 0.3) is 5.91 Å². The first-order valence-corrected chi connectivity index (χ1v) is 9.44. The quantitative estimate of drug-likeness (QED) is 0.800. The molecule has 0 unspecified atom stereocenters. The van der Waals surface area contributed by atoms with Gasteiger partial charge in [0.15, 0.2) is 5.69 Å². The van der Waals surface area contributed by atoms with Crippen LogP contribution in [-0.2, 0) is 11.2 Å². The van der Waals surface area contributed by atoms with Gasteiger partial charge in [-0.3, -0.25) is 9.59 Å². The highest BCUT2D eigenvalue weighted by Gasteiger charge is 2.26. The molecule has 1 aromatic carbocycles. The van der Waals surface area contributed by atoms with Gasteiger partial charge in [-0.05, 0) is 50.9 Å². The second-order valence-corrected chi connectivity index (χ2v) is 7.06. The van der Waals surface area contributed by atoms with Crippen molar-refractivity contribution in [3.05, 3.63) is 41.2 Å². The Hall–Kier alpha value is -2.45. The number of rotatable bonds is 4. The van der Waals surface area contributed by atoms with Crippen LogP contribution in [0.3, 0.4) is 0 Å². The van der Waals surface area contributed by atoms with Crippen molar-refractivity contribution >= 4 is 29.9 Å². The second-order valence-electron chi connectivity index (χ2n) is 7.06. The zero-order valence-electron chi connectivity index (χ0n) is 15.9. The van der Waals surface area contributed by atoms with E-state index in [1.54, 1.807) is 4.90 Å². The van der Waals surface area contributed by atoms with Gasteiger partial charge in [-0.15, -0.1) is 17.5 Å². The van der Waals surface area contributed by atoms with Gasteiger partial charge in [0, 0.05) is 12.2 Å². The first-order chi connectivity index (χ1) is 13.1. The lowest BCUT2D eigenvalue weighted by molar-refractivity contribution is -0.117. The molecule has 1 saturated heterocycles. The SMILES string of the molecule is Cc1c(C(=O)NCC(=O)N2CCc3ccccc32)nnn1C1CCNCC1.Cl. The minimum atomic E-state index is -0.353. The van der Waals surface area contributed by atoms with E-state index >= 15 is 0 Å². The minimum Gasteiger partial charge on any atom is -0.341 e. The summed E-state index contributed by atoms with van der Waals surface area (Å²) in [6.45, 7) is 4.34. The summed E-state index contributed by atoms with van der Waals surface area (Å²) < 4.78 is 1.84. The second kappa shape index (κ2) is 8.70. The zero-order chi connectivity index (χ0) is 18.8. The molecule has 0 saturated carbocycles. The first kappa shape index (κ1) is 20.3. The third-order valence-corrected chi connectivity index (χ3v) is 5.39. The van der Waals surface area contributed by atoms with E-state index in [9.17, 15) is 9.59 Å². The molecular formula is C19H25ClN6O2. The Morgan fingerprint density at radius 2 is 2.00 bits per heavy atom. The van der Waals surface area contributed by atoms with E-state index in [0.29, 0.717) is 12.2 Å². The van der Waals surface area contributed by atoms with E-state index < -0.39 is 0 Å². The summed E-state index contributed by atoms with van der Waals surface area (Å²) in [5.74, 6) is -0.467. The molecule has 28 heavy (non-hydrogen) atoms. The third-order valence-electron chi connectivity index (χ3n) is 5.39. The standard InChI is InChI=1S/C19H24N6O2.ClH/c1-13-18(22-23-25(13)15-6-9-20-10-7-15)19(27)21-12-17(26)24-11-8-14-4-2-3-5-16(14)24;/h2-5,15,20H,6-12H2,1H3,(H,21,27);1H. The molecule has 4 rings (SSSR count). The van der Waals surface area contributed by atoms with Crippen LogP contribution in [0.2, 0.25) is 0 Å². The fourth-order valence-electron chi connectivity index (χ4n) is 3.88. The number of hydrogen-bond donors (Lipinski definition) is 2. The van der Waals surface area contributed by atoms with Gasteiger partial charge in [-0.2, -0.15) is 0 Å². The molecule has 2 N–H and O–H groups in total. The van der Waals surface area contributed by atoms with Crippen LogP contribution in [0.1, 0.15) is 40.6 Å². The van der Waals surface area contributed by atoms with Crippen molar-refractivity contribution in [1.82, 2.24) is 25.6 Å². The maximum absolute atomic E-state index is 12.5. The molecule has 1 aromatic heterocycles. The summed E-state index contributed by atoms with van der Waals surface area (Å²) >= 11 is 0. The molecule has 3 heterocycles. The first-order valence-electron chi connectivity index (χ1n) is 9.44. The Labute approximate surface area is 170 Å². The number of para-hydroxylation sites is 1. The van der Waals surface area contributed by atoms with Crippen molar-refractivity contribution in [1.29, 1.82) is 0 Å². The fourth-order valence-corrected chi connectivity index (χ4v) is 3.88. The Kier molecular flexibility index (Phi) is 6.31. The molecule has 9 heteroatoms. The molecule has 0 aliphatic carbocycles. The molecule has 8 nitrogen and oxygen atoms in total. The molecule has 0 spiro atoms. The molecule has 0 atom stereocenters. The Balaban J connectivity index is 0.00000225. The zero-order valence-corrected chi connectivity index (χ0v) is 16.7. The van der Waals surface area contributed by atoms with Crippen LogP contribution in [-0.4, -0.2) is 53.0 Å². The number of halogens is 1. The van der Waals surface area contributed by atoms with E-state index in [2.05, 4.69) is 20.9 Å². The molecule has 0 bridgehead atoms.